The fourth-order valence-electron chi connectivity index (χ4n) is 3.03. The number of nitrogens with one attached hydrogen (secondary N) is 2. The van der Waals surface area contributed by atoms with Crippen molar-refractivity contribution in [2.75, 3.05) is 18.5 Å². The highest BCUT2D eigenvalue weighted by Gasteiger charge is 2.16. The number of hydrogen-bond donors (Lipinski definition) is 2. The monoisotopic (exact) mass is 328 g/mol. The van der Waals surface area contributed by atoms with Gasteiger partial charge in [0, 0.05) is 31.2 Å². The Morgan fingerprint density at radius 1 is 1.29 bits per heavy atom. The molecule has 1 aliphatic rings. The van der Waals surface area contributed by atoms with Crippen LogP contribution in [0.3, 0.4) is 0 Å². The Morgan fingerprint density at radius 3 is 2.92 bits per heavy atom. The third kappa shape index (κ3) is 4.58. The van der Waals surface area contributed by atoms with E-state index in [1.54, 1.807) is 18.6 Å². The summed E-state index contributed by atoms with van der Waals surface area (Å²) >= 11 is 0. The zero-order valence-electron chi connectivity index (χ0n) is 13.8. The highest BCUT2D eigenvalue weighted by Crippen LogP contribution is 2.24. The first kappa shape index (κ1) is 16.5. The Labute approximate surface area is 142 Å². The molecule has 128 valence electrons. The summed E-state index contributed by atoms with van der Waals surface area (Å²) in [5.74, 6) is 0.368. The van der Waals surface area contributed by atoms with Crippen molar-refractivity contribution in [3.05, 3.63) is 48.5 Å². The van der Waals surface area contributed by atoms with Crippen LogP contribution in [0.2, 0.25) is 0 Å². The molecule has 1 amide bonds. The van der Waals surface area contributed by atoms with Crippen molar-refractivity contribution < 1.29 is 9.63 Å². The number of rotatable bonds is 8. The van der Waals surface area contributed by atoms with Crippen LogP contribution in [-0.2, 0) is 11.4 Å². The van der Waals surface area contributed by atoms with Gasteiger partial charge in [-0.2, -0.15) is 0 Å². The number of imidazole rings is 1. The molecule has 1 aliphatic carbocycles. The molecule has 0 atom stereocenters. The summed E-state index contributed by atoms with van der Waals surface area (Å²) in [4.78, 5) is 21.8. The molecule has 0 bridgehead atoms. The van der Waals surface area contributed by atoms with Gasteiger partial charge in [0.05, 0.1) is 18.5 Å². The SMILES string of the molecule is O=C(NOCC1CCCC1)c1ccccc1NCCn1ccnc1. The second-order valence-corrected chi connectivity index (χ2v) is 6.17. The molecule has 0 radical (unpaired) electrons. The number of carbonyl (C=O) groups is 1. The molecule has 0 spiro atoms. The maximum Gasteiger partial charge on any atom is 0.276 e. The summed E-state index contributed by atoms with van der Waals surface area (Å²) in [7, 11) is 0. The van der Waals surface area contributed by atoms with Gasteiger partial charge < -0.3 is 9.88 Å². The minimum absolute atomic E-state index is 0.210. The molecule has 1 heterocycles. The van der Waals surface area contributed by atoms with Gasteiger partial charge in [-0.1, -0.05) is 25.0 Å². The molecule has 1 aromatic carbocycles. The first-order valence-corrected chi connectivity index (χ1v) is 8.53. The van der Waals surface area contributed by atoms with Crippen LogP contribution < -0.4 is 10.8 Å². The molecule has 3 rings (SSSR count). The van der Waals surface area contributed by atoms with Crippen molar-refractivity contribution in [3.8, 4) is 0 Å². The van der Waals surface area contributed by atoms with Gasteiger partial charge in [0.25, 0.3) is 5.91 Å². The van der Waals surface area contributed by atoms with Crippen LogP contribution in [0, 0.1) is 5.92 Å². The van der Waals surface area contributed by atoms with Crippen LogP contribution in [0.5, 0.6) is 0 Å². The van der Waals surface area contributed by atoms with E-state index in [-0.39, 0.29) is 5.91 Å². The molecular weight excluding hydrogens is 304 g/mol. The van der Waals surface area contributed by atoms with Gasteiger partial charge in [0.1, 0.15) is 0 Å². The normalized spacial score (nSPS) is 14.7. The van der Waals surface area contributed by atoms with E-state index >= 15 is 0 Å². The molecule has 6 nitrogen and oxygen atoms in total. The average molecular weight is 328 g/mol. The summed E-state index contributed by atoms with van der Waals surface area (Å²) < 4.78 is 1.99. The van der Waals surface area contributed by atoms with Crippen molar-refractivity contribution in [3.63, 3.8) is 0 Å². The van der Waals surface area contributed by atoms with E-state index in [0.29, 0.717) is 24.6 Å². The van der Waals surface area contributed by atoms with Crippen LogP contribution in [0.4, 0.5) is 5.69 Å². The number of amides is 1. The first-order chi connectivity index (χ1) is 11.8. The second kappa shape index (κ2) is 8.49. The average Bonchev–Trinajstić information content (AvgIpc) is 3.29. The van der Waals surface area contributed by atoms with Crippen molar-refractivity contribution in [1.82, 2.24) is 15.0 Å². The van der Waals surface area contributed by atoms with E-state index in [9.17, 15) is 4.79 Å². The summed E-state index contributed by atoms with van der Waals surface area (Å²) in [6.45, 7) is 2.10. The van der Waals surface area contributed by atoms with Gasteiger partial charge in [0.2, 0.25) is 0 Å². The topological polar surface area (TPSA) is 68.2 Å². The first-order valence-electron chi connectivity index (χ1n) is 8.53. The van der Waals surface area contributed by atoms with Crippen LogP contribution in [0.1, 0.15) is 36.0 Å². The number of aromatic nitrogens is 2. The molecule has 6 heteroatoms. The highest BCUT2D eigenvalue weighted by atomic mass is 16.6. The standard InChI is InChI=1S/C18H24N4O2/c23-18(21-24-13-15-5-1-2-6-15)16-7-3-4-8-17(16)20-10-12-22-11-9-19-14-22/h3-4,7-9,11,14-15,20H,1-2,5-6,10,12-13H2,(H,21,23). The number of hydrogen-bond acceptors (Lipinski definition) is 4. The summed E-state index contributed by atoms with van der Waals surface area (Å²) in [6, 6.07) is 7.47. The molecular formula is C18H24N4O2. The highest BCUT2D eigenvalue weighted by molar-refractivity contribution is 5.98. The summed E-state index contributed by atoms with van der Waals surface area (Å²) in [6.07, 6.45) is 10.4. The zero-order chi connectivity index (χ0) is 16.6. The van der Waals surface area contributed by atoms with Crippen molar-refractivity contribution in [1.29, 1.82) is 0 Å². The van der Waals surface area contributed by atoms with Crippen molar-refractivity contribution >= 4 is 11.6 Å². The zero-order valence-corrected chi connectivity index (χ0v) is 13.8. The number of anilines is 1. The number of hydroxylamine groups is 1. The molecule has 1 fully saturated rings. The fourth-order valence-corrected chi connectivity index (χ4v) is 3.03. The minimum atomic E-state index is -0.210. The predicted octanol–water partition coefficient (Wildman–Crippen LogP) is 2.85. The maximum atomic E-state index is 12.3. The Bertz CT molecular complexity index is 636. The Balaban J connectivity index is 1.49. The second-order valence-electron chi connectivity index (χ2n) is 6.17. The number of carbonyl (C=O) groups excluding carboxylic acids is 1. The lowest BCUT2D eigenvalue weighted by molar-refractivity contribution is 0.0172. The molecule has 24 heavy (non-hydrogen) atoms. The predicted molar refractivity (Wildman–Crippen MR) is 92.5 cm³/mol. The third-order valence-corrected chi connectivity index (χ3v) is 4.37. The lowest BCUT2D eigenvalue weighted by Gasteiger charge is -2.13. The minimum Gasteiger partial charge on any atom is -0.383 e. The van der Waals surface area contributed by atoms with Crippen molar-refractivity contribution in [2.24, 2.45) is 5.92 Å². The largest absolute Gasteiger partial charge is 0.383 e. The Kier molecular flexibility index (Phi) is 5.85. The fraction of sp³-hybridized carbons (Fsp3) is 0.444. The van der Waals surface area contributed by atoms with Crippen LogP contribution in [0.15, 0.2) is 43.0 Å². The smallest absolute Gasteiger partial charge is 0.276 e. The van der Waals surface area contributed by atoms with Crippen LogP contribution >= 0.6 is 0 Å². The van der Waals surface area contributed by atoms with Gasteiger partial charge in [-0.05, 0) is 30.9 Å². The van der Waals surface area contributed by atoms with E-state index in [1.807, 2.05) is 29.0 Å². The number of benzene rings is 1. The van der Waals surface area contributed by atoms with Crippen molar-refractivity contribution in [2.45, 2.75) is 32.2 Å². The number of nitrogens with zero attached hydrogens (tertiary/aromatic N) is 2. The summed E-state index contributed by atoms with van der Waals surface area (Å²) in [5.41, 5.74) is 3.97. The quantitative estimate of drug-likeness (QED) is 0.731. The Hall–Kier alpha value is -2.34. The Morgan fingerprint density at radius 2 is 2.12 bits per heavy atom. The lowest BCUT2D eigenvalue weighted by Crippen LogP contribution is -2.27. The van der Waals surface area contributed by atoms with Gasteiger partial charge >= 0.3 is 0 Å². The van der Waals surface area contributed by atoms with Gasteiger partial charge in [-0.25, -0.2) is 10.5 Å². The van der Waals surface area contributed by atoms with Gasteiger partial charge in [-0.15, -0.1) is 0 Å². The maximum absolute atomic E-state index is 12.3. The molecule has 1 aromatic heterocycles. The lowest BCUT2D eigenvalue weighted by atomic mass is 10.1. The summed E-state index contributed by atoms with van der Waals surface area (Å²) in [5, 5.41) is 3.30. The molecule has 1 saturated carbocycles. The molecule has 0 saturated heterocycles. The number of para-hydroxylation sites is 1. The van der Waals surface area contributed by atoms with E-state index < -0.39 is 0 Å². The molecule has 2 aromatic rings. The van der Waals surface area contributed by atoms with E-state index in [0.717, 1.165) is 12.2 Å². The van der Waals surface area contributed by atoms with Gasteiger partial charge in [0.15, 0.2) is 0 Å². The van der Waals surface area contributed by atoms with Crippen LogP contribution in [-0.4, -0.2) is 28.6 Å². The van der Waals surface area contributed by atoms with E-state index in [2.05, 4.69) is 15.8 Å². The molecule has 0 unspecified atom stereocenters. The third-order valence-electron chi connectivity index (χ3n) is 4.37. The van der Waals surface area contributed by atoms with E-state index in [1.165, 1.54) is 25.7 Å². The molecule has 2 N–H and O–H groups in total. The van der Waals surface area contributed by atoms with Gasteiger partial charge in [-0.3, -0.25) is 9.63 Å². The van der Waals surface area contributed by atoms with E-state index in [4.69, 9.17) is 4.84 Å². The van der Waals surface area contributed by atoms with Crippen LogP contribution in [0.25, 0.3) is 0 Å². The molecule has 0 aliphatic heterocycles.